The minimum absolute atomic E-state index is 0.128. The number of sulfone groups is 1. The van der Waals surface area contributed by atoms with Crippen LogP contribution in [0.1, 0.15) is 50.5 Å². The Bertz CT molecular complexity index is 658. The molecule has 0 aliphatic rings. The lowest BCUT2D eigenvalue weighted by Gasteiger charge is -2.35. The fraction of sp³-hybridized carbons (Fsp3) is 0.562. The van der Waals surface area contributed by atoms with Gasteiger partial charge >= 0.3 is 0 Å². The van der Waals surface area contributed by atoms with E-state index in [1.165, 1.54) is 6.07 Å². The van der Waals surface area contributed by atoms with Gasteiger partial charge in [-0.1, -0.05) is 6.92 Å². The summed E-state index contributed by atoms with van der Waals surface area (Å²) in [5, 5.41) is -0.631. The van der Waals surface area contributed by atoms with Crippen molar-refractivity contribution in [1.29, 1.82) is 0 Å². The van der Waals surface area contributed by atoms with Gasteiger partial charge in [0.2, 0.25) is 0 Å². The summed E-state index contributed by atoms with van der Waals surface area (Å²) in [6, 6.07) is 3.45. The van der Waals surface area contributed by atoms with E-state index in [1.54, 1.807) is 6.07 Å². The van der Waals surface area contributed by atoms with Crippen LogP contribution in [0.3, 0.4) is 0 Å². The molecule has 1 rings (SSSR count). The van der Waals surface area contributed by atoms with E-state index in [-0.39, 0.29) is 22.5 Å². The fourth-order valence-corrected chi connectivity index (χ4v) is 3.79. The minimum atomic E-state index is -3.48. The number of halogens is 1. The van der Waals surface area contributed by atoms with Gasteiger partial charge in [-0.2, -0.15) is 0 Å². The molecule has 6 heteroatoms. The van der Waals surface area contributed by atoms with Crippen molar-refractivity contribution >= 4 is 32.4 Å². The minimum Gasteiger partial charge on any atom is -0.366 e. The highest BCUT2D eigenvalue weighted by Crippen LogP contribution is 2.32. The van der Waals surface area contributed by atoms with Crippen LogP contribution in [-0.2, 0) is 16.3 Å². The molecule has 0 radical (unpaired) electrons. The van der Waals surface area contributed by atoms with Crippen molar-refractivity contribution in [3.63, 3.8) is 0 Å². The first-order valence-corrected chi connectivity index (χ1v) is 9.62. The third-order valence-electron chi connectivity index (χ3n) is 3.57. The normalized spacial score (nSPS) is 12.0. The van der Waals surface area contributed by atoms with E-state index in [1.807, 2.05) is 39.5 Å². The quantitative estimate of drug-likeness (QED) is 0.738. The molecule has 0 aromatic heterocycles. The van der Waals surface area contributed by atoms with Gasteiger partial charge < -0.3 is 4.90 Å². The smallest absolute Gasteiger partial charge is 0.252 e. The largest absolute Gasteiger partial charge is 0.366 e. The number of carbonyl (C=O) groups excluding carboxylic acids is 1. The van der Waals surface area contributed by atoms with E-state index in [0.717, 1.165) is 11.8 Å². The zero-order valence-corrected chi connectivity index (χ0v) is 15.5. The van der Waals surface area contributed by atoms with Crippen LogP contribution in [0.25, 0.3) is 0 Å². The maximum atomic E-state index is 12.2. The SMILES string of the molecule is CCc1cc(N(C(C)C)C(C)C)c(S(C)(=O)=O)cc1C(=O)Cl. The molecule has 0 unspecified atom stereocenters. The topological polar surface area (TPSA) is 54.5 Å². The molecule has 1 aromatic carbocycles. The van der Waals surface area contributed by atoms with Crippen LogP contribution in [0.4, 0.5) is 5.69 Å². The summed E-state index contributed by atoms with van der Waals surface area (Å²) in [4.78, 5) is 13.8. The number of anilines is 1. The Morgan fingerprint density at radius 1 is 1.18 bits per heavy atom. The molecule has 0 heterocycles. The average Bonchev–Trinajstić information content (AvgIpc) is 2.35. The highest BCUT2D eigenvalue weighted by atomic mass is 35.5. The van der Waals surface area contributed by atoms with Crippen LogP contribution in [0.5, 0.6) is 0 Å². The lowest BCUT2D eigenvalue weighted by atomic mass is 10.0. The van der Waals surface area contributed by atoms with Gasteiger partial charge in [-0.3, -0.25) is 4.79 Å². The zero-order valence-electron chi connectivity index (χ0n) is 14.0. The van der Waals surface area contributed by atoms with Crippen molar-refractivity contribution in [3.05, 3.63) is 23.3 Å². The standard InChI is InChI=1S/C16H24ClNO3S/c1-7-12-8-14(18(10(2)3)11(4)5)15(22(6,20)21)9-13(12)16(17)19/h8-11H,7H2,1-6H3. The molecule has 0 aliphatic heterocycles. The predicted octanol–water partition coefficient (Wildman–Crippen LogP) is 3.65. The molecular weight excluding hydrogens is 322 g/mol. The van der Waals surface area contributed by atoms with Crippen LogP contribution in [0, 0.1) is 0 Å². The lowest BCUT2D eigenvalue weighted by molar-refractivity contribution is 0.108. The number of hydrogen-bond donors (Lipinski definition) is 0. The first kappa shape index (κ1) is 19.0. The third kappa shape index (κ3) is 4.02. The van der Waals surface area contributed by atoms with E-state index < -0.39 is 15.1 Å². The molecule has 0 bridgehead atoms. The van der Waals surface area contributed by atoms with Crippen molar-refractivity contribution in [2.24, 2.45) is 0 Å². The van der Waals surface area contributed by atoms with Crippen LogP contribution >= 0.6 is 11.6 Å². The van der Waals surface area contributed by atoms with Crippen molar-refractivity contribution < 1.29 is 13.2 Å². The second kappa shape index (κ2) is 7.01. The van der Waals surface area contributed by atoms with Crippen molar-refractivity contribution in [1.82, 2.24) is 0 Å². The van der Waals surface area contributed by atoms with Crippen LogP contribution in [0.15, 0.2) is 17.0 Å². The molecule has 0 N–H and O–H groups in total. The molecule has 0 saturated carbocycles. The van der Waals surface area contributed by atoms with E-state index in [9.17, 15) is 13.2 Å². The summed E-state index contributed by atoms with van der Waals surface area (Å²) in [6.07, 6.45) is 1.76. The van der Waals surface area contributed by atoms with Gasteiger partial charge in [-0.15, -0.1) is 0 Å². The van der Waals surface area contributed by atoms with Gasteiger partial charge in [-0.05, 0) is 63.4 Å². The van der Waals surface area contributed by atoms with Crippen LogP contribution in [0.2, 0.25) is 0 Å². The number of carbonyl (C=O) groups is 1. The number of aryl methyl sites for hydroxylation is 1. The summed E-state index contributed by atoms with van der Waals surface area (Å²) in [6.45, 7) is 9.96. The summed E-state index contributed by atoms with van der Waals surface area (Å²) in [5.74, 6) is 0. The molecule has 0 amide bonds. The Kier molecular flexibility index (Phi) is 6.04. The second-order valence-electron chi connectivity index (χ2n) is 5.97. The van der Waals surface area contributed by atoms with E-state index in [2.05, 4.69) is 0 Å². The summed E-state index contributed by atoms with van der Waals surface area (Å²) >= 11 is 5.62. The van der Waals surface area contributed by atoms with Crippen molar-refractivity contribution in [2.75, 3.05) is 11.2 Å². The molecule has 0 fully saturated rings. The molecule has 0 saturated heterocycles. The van der Waals surface area contributed by atoms with E-state index >= 15 is 0 Å². The van der Waals surface area contributed by atoms with Crippen LogP contribution < -0.4 is 4.90 Å². The third-order valence-corrected chi connectivity index (χ3v) is 4.90. The van der Waals surface area contributed by atoms with Gasteiger partial charge in [0, 0.05) is 23.9 Å². The molecular formula is C16H24ClNO3S. The second-order valence-corrected chi connectivity index (χ2v) is 8.30. The average molecular weight is 346 g/mol. The number of nitrogens with zero attached hydrogens (tertiary/aromatic N) is 1. The van der Waals surface area contributed by atoms with Crippen molar-refractivity contribution in [3.8, 4) is 0 Å². The number of benzene rings is 1. The Morgan fingerprint density at radius 3 is 2.00 bits per heavy atom. The van der Waals surface area contributed by atoms with Gasteiger partial charge in [0.1, 0.15) is 0 Å². The Labute approximate surface area is 138 Å². The Hall–Kier alpha value is -1.07. The Morgan fingerprint density at radius 2 is 1.68 bits per heavy atom. The molecule has 0 spiro atoms. The highest BCUT2D eigenvalue weighted by Gasteiger charge is 2.25. The fourth-order valence-electron chi connectivity index (χ4n) is 2.74. The molecule has 124 valence electrons. The summed E-state index contributed by atoms with van der Waals surface area (Å²) in [7, 11) is -3.48. The highest BCUT2D eigenvalue weighted by molar-refractivity contribution is 7.90. The molecule has 0 atom stereocenters. The molecule has 22 heavy (non-hydrogen) atoms. The number of hydrogen-bond acceptors (Lipinski definition) is 4. The van der Waals surface area contributed by atoms with Gasteiger partial charge in [0.25, 0.3) is 5.24 Å². The van der Waals surface area contributed by atoms with Crippen LogP contribution in [-0.4, -0.2) is 32.0 Å². The van der Waals surface area contributed by atoms with Gasteiger partial charge in [0.15, 0.2) is 9.84 Å². The van der Waals surface area contributed by atoms with Gasteiger partial charge in [-0.25, -0.2) is 8.42 Å². The monoisotopic (exact) mass is 345 g/mol. The Balaban J connectivity index is 3.78. The summed E-state index contributed by atoms with van der Waals surface area (Å²) in [5.41, 5.74) is 1.65. The van der Waals surface area contributed by atoms with E-state index in [4.69, 9.17) is 11.6 Å². The number of rotatable bonds is 6. The maximum absolute atomic E-state index is 12.2. The maximum Gasteiger partial charge on any atom is 0.252 e. The summed E-state index contributed by atoms with van der Waals surface area (Å²) < 4.78 is 24.4. The van der Waals surface area contributed by atoms with Gasteiger partial charge in [0.05, 0.1) is 10.6 Å². The van der Waals surface area contributed by atoms with Crippen molar-refractivity contribution in [2.45, 2.75) is 58.0 Å². The predicted molar refractivity (Wildman–Crippen MR) is 91.9 cm³/mol. The molecule has 1 aromatic rings. The zero-order chi connectivity index (χ0) is 17.2. The van der Waals surface area contributed by atoms with E-state index in [0.29, 0.717) is 12.1 Å². The lowest BCUT2D eigenvalue weighted by Crippen LogP contribution is -2.38. The first-order valence-electron chi connectivity index (χ1n) is 7.35. The molecule has 4 nitrogen and oxygen atoms in total. The first-order chi connectivity index (χ1) is 10.0. The molecule has 0 aliphatic carbocycles.